The van der Waals surface area contributed by atoms with Gasteiger partial charge >= 0.3 is 0 Å². The van der Waals surface area contributed by atoms with E-state index in [-0.39, 0.29) is 11.9 Å². The quantitative estimate of drug-likeness (QED) is 0.861. The summed E-state index contributed by atoms with van der Waals surface area (Å²) in [5.74, 6) is -0.589. The van der Waals surface area contributed by atoms with E-state index in [0.29, 0.717) is 5.65 Å². The lowest BCUT2D eigenvalue weighted by molar-refractivity contribution is 0.0990. The van der Waals surface area contributed by atoms with Gasteiger partial charge in [-0.1, -0.05) is 13.8 Å². The summed E-state index contributed by atoms with van der Waals surface area (Å²) in [6, 6.07) is 0.281. The summed E-state index contributed by atoms with van der Waals surface area (Å²) < 4.78 is 1.84. The second-order valence-electron chi connectivity index (χ2n) is 3.90. The van der Waals surface area contributed by atoms with Gasteiger partial charge in [0.1, 0.15) is 0 Å². The van der Waals surface area contributed by atoms with Crippen molar-refractivity contribution in [2.45, 2.75) is 32.7 Å². The monoisotopic (exact) mass is 233 g/mol. The number of nitrogens with two attached hydrogens (primary N) is 1. The van der Waals surface area contributed by atoms with E-state index < -0.39 is 5.91 Å². The number of aromatic nitrogens is 4. The van der Waals surface area contributed by atoms with Gasteiger partial charge in [0.25, 0.3) is 5.91 Å². The predicted molar refractivity (Wildman–Crippen MR) is 63.5 cm³/mol. The maximum atomic E-state index is 11.1. The molecule has 6 nitrogen and oxygen atoms in total. The smallest absolute Gasteiger partial charge is 0.286 e. The number of primary amides is 1. The van der Waals surface area contributed by atoms with Crippen LogP contribution in [0.25, 0.3) is 11.0 Å². The zero-order valence-electron chi connectivity index (χ0n) is 9.92. The van der Waals surface area contributed by atoms with E-state index in [9.17, 15) is 4.79 Å². The Balaban J connectivity index is 2.57. The minimum Gasteiger partial charge on any atom is -0.363 e. The molecule has 0 aliphatic heterocycles. The minimum atomic E-state index is -0.621. The Labute approximate surface area is 98.9 Å². The average molecular weight is 233 g/mol. The highest BCUT2D eigenvalue weighted by atomic mass is 16.1. The van der Waals surface area contributed by atoms with Crippen molar-refractivity contribution in [2.24, 2.45) is 5.73 Å². The van der Waals surface area contributed by atoms with E-state index in [1.807, 2.05) is 4.68 Å². The Hall–Kier alpha value is -1.98. The van der Waals surface area contributed by atoms with E-state index in [0.717, 1.165) is 18.2 Å². The van der Waals surface area contributed by atoms with Crippen LogP contribution >= 0.6 is 0 Å². The van der Waals surface area contributed by atoms with Gasteiger partial charge in [0.15, 0.2) is 5.65 Å². The van der Waals surface area contributed by atoms with Crippen LogP contribution in [-0.2, 0) is 0 Å². The first-order valence-corrected chi connectivity index (χ1v) is 5.67. The molecule has 0 fully saturated rings. The number of rotatable bonds is 4. The van der Waals surface area contributed by atoms with Crippen LogP contribution in [0.3, 0.4) is 0 Å². The van der Waals surface area contributed by atoms with Gasteiger partial charge in [-0.05, 0) is 12.8 Å². The molecule has 0 aliphatic rings. The van der Waals surface area contributed by atoms with Crippen molar-refractivity contribution >= 4 is 16.9 Å². The van der Waals surface area contributed by atoms with Crippen LogP contribution in [0.1, 0.15) is 43.3 Å². The van der Waals surface area contributed by atoms with Gasteiger partial charge in [0.05, 0.1) is 17.6 Å². The van der Waals surface area contributed by atoms with Gasteiger partial charge in [0, 0.05) is 6.20 Å². The van der Waals surface area contributed by atoms with Crippen LogP contribution in [0.2, 0.25) is 0 Å². The number of hydrogen-bond donors (Lipinski definition) is 1. The van der Waals surface area contributed by atoms with Crippen molar-refractivity contribution in [3.8, 4) is 0 Å². The summed E-state index contributed by atoms with van der Waals surface area (Å²) in [5, 5.41) is 5.12. The first-order valence-electron chi connectivity index (χ1n) is 5.67. The maximum absolute atomic E-state index is 11.1. The second-order valence-corrected chi connectivity index (χ2v) is 3.90. The predicted octanol–water partition coefficient (Wildman–Crippen LogP) is 1.29. The molecule has 0 saturated heterocycles. The molecule has 0 atom stereocenters. The zero-order valence-corrected chi connectivity index (χ0v) is 9.92. The maximum Gasteiger partial charge on any atom is 0.286 e. The molecule has 0 aromatic carbocycles. The second kappa shape index (κ2) is 4.48. The summed E-state index contributed by atoms with van der Waals surface area (Å²) in [4.78, 5) is 19.1. The molecule has 6 heteroatoms. The van der Waals surface area contributed by atoms with E-state index in [1.54, 1.807) is 12.4 Å². The molecule has 0 spiro atoms. The molecule has 2 N–H and O–H groups in total. The lowest BCUT2D eigenvalue weighted by atomic mass is 10.2. The van der Waals surface area contributed by atoms with Crippen molar-refractivity contribution < 1.29 is 4.79 Å². The Bertz CT molecular complexity index is 544. The standard InChI is InChI=1S/C11H15N5O/c1-3-8(4-2)16-11-7(6-14-16)5-13-10(15-11)9(12)17/h5-6,8H,3-4H2,1-2H3,(H2,12,17). The van der Waals surface area contributed by atoms with Crippen LogP contribution < -0.4 is 5.73 Å². The molecule has 0 radical (unpaired) electrons. The van der Waals surface area contributed by atoms with Gasteiger partial charge in [-0.2, -0.15) is 5.10 Å². The third-order valence-electron chi connectivity index (χ3n) is 2.84. The Morgan fingerprint density at radius 2 is 2.12 bits per heavy atom. The topological polar surface area (TPSA) is 86.7 Å². The number of hydrogen-bond acceptors (Lipinski definition) is 4. The third-order valence-corrected chi connectivity index (χ3v) is 2.84. The van der Waals surface area contributed by atoms with E-state index >= 15 is 0 Å². The van der Waals surface area contributed by atoms with Crippen LogP contribution in [0.15, 0.2) is 12.4 Å². The third kappa shape index (κ3) is 1.98. The van der Waals surface area contributed by atoms with Gasteiger partial charge in [-0.15, -0.1) is 0 Å². The summed E-state index contributed by atoms with van der Waals surface area (Å²) >= 11 is 0. The molecule has 0 saturated carbocycles. The molecule has 0 aliphatic carbocycles. The van der Waals surface area contributed by atoms with Crippen molar-refractivity contribution in [2.75, 3.05) is 0 Å². The van der Waals surface area contributed by atoms with E-state index in [4.69, 9.17) is 5.73 Å². The minimum absolute atomic E-state index is 0.0326. The fourth-order valence-electron chi connectivity index (χ4n) is 1.86. The van der Waals surface area contributed by atoms with Crippen molar-refractivity contribution in [1.82, 2.24) is 19.7 Å². The van der Waals surface area contributed by atoms with Crippen LogP contribution in [0, 0.1) is 0 Å². The number of amides is 1. The summed E-state index contributed by atoms with van der Waals surface area (Å²) in [5.41, 5.74) is 5.84. The van der Waals surface area contributed by atoms with Crippen LogP contribution in [0.4, 0.5) is 0 Å². The molecule has 2 heterocycles. The van der Waals surface area contributed by atoms with Crippen LogP contribution in [-0.4, -0.2) is 25.7 Å². The normalized spacial score (nSPS) is 11.2. The molecule has 2 rings (SSSR count). The van der Waals surface area contributed by atoms with Gasteiger partial charge in [-0.3, -0.25) is 4.79 Å². The summed E-state index contributed by atoms with van der Waals surface area (Å²) in [6.07, 6.45) is 5.21. The number of fused-ring (bicyclic) bond motifs is 1. The molecular formula is C11H15N5O. The van der Waals surface area contributed by atoms with Crippen LogP contribution in [0.5, 0.6) is 0 Å². The summed E-state index contributed by atoms with van der Waals surface area (Å²) in [7, 11) is 0. The van der Waals surface area contributed by atoms with Crippen molar-refractivity contribution in [3.63, 3.8) is 0 Å². The Kier molecular flexibility index (Phi) is 3.03. The van der Waals surface area contributed by atoms with E-state index in [2.05, 4.69) is 28.9 Å². The highest BCUT2D eigenvalue weighted by Crippen LogP contribution is 2.20. The molecule has 2 aromatic heterocycles. The zero-order chi connectivity index (χ0) is 12.4. The molecule has 17 heavy (non-hydrogen) atoms. The molecule has 1 amide bonds. The van der Waals surface area contributed by atoms with Gasteiger partial charge in [0.2, 0.25) is 5.82 Å². The van der Waals surface area contributed by atoms with Crippen molar-refractivity contribution in [3.05, 3.63) is 18.2 Å². The molecule has 0 unspecified atom stereocenters. The molecule has 0 bridgehead atoms. The fraction of sp³-hybridized carbons (Fsp3) is 0.455. The lowest BCUT2D eigenvalue weighted by Gasteiger charge is -2.13. The number of nitrogens with zero attached hydrogens (tertiary/aromatic N) is 4. The van der Waals surface area contributed by atoms with Gasteiger partial charge in [-0.25, -0.2) is 14.6 Å². The largest absolute Gasteiger partial charge is 0.363 e. The fourth-order valence-corrected chi connectivity index (χ4v) is 1.86. The Morgan fingerprint density at radius 1 is 1.41 bits per heavy atom. The lowest BCUT2D eigenvalue weighted by Crippen LogP contribution is -2.16. The van der Waals surface area contributed by atoms with Crippen molar-refractivity contribution in [1.29, 1.82) is 0 Å². The first kappa shape index (κ1) is 11.5. The first-order chi connectivity index (χ1) is 8.17. The molecule has 90 valence electrons. The highest BCUT2D eigenvalue weighted by Gasteiger charge is 2.14. The number of carbonyl (C=O) groups is 1. The average Bonchev–Trinajstić information content (AvgIpc) is 2.74. The SMILES string of the molecule is CCC(CC)n1ncc2cnc(C(N)=O)nc21. The van der Waals surface area contributed by atoms with E-state index in [1.165, 1.54) is 0 Å². The highest BCUT2D eigenvalue weighted by molar-refractivity contribution is 5.90. The molecule has 2 aromatic rings. The summed E-state index contributed by atoms with van der Waals surface area (Å²) in [6.45, 7) is 4.19. The Morgan fingerprint density at radius 3 is 2.71 bits per heavy atom. The molecular weight excluding hydrogens is 218 g/mol. The number of carbonyl (C=O) groups excluding carboxylic acids is 1. The van der Waals surface area contributed by atoms with Gasteiger partial charge < -0.3 is 5.73 Å².